The van der Waals surface area contributed by atoms with E-state index in [-0.39, 0.29) is 21.1 Å². The van der Waals surface area contributed by atoms with E-state index in [1.165, 1.54) is 0 Å². The van der Waals surface area contributed by atoms with E-state index in [0.717, 1.165) is 0 Å². The quantitative estimate of drug-likeness (QED) is 0.202. The van der Waals surface area contributed by atoms with E-state index in [1.54, 1.807) is 0 Å². The molecule has 0 atom stereocenters. The van der Waals surface area contributed by atoms with E-state index in [0.29, 0.717) is 0 Å². The largest absolute Gasteiger partial charge is 6.00 e. The van der Waals surface area contributed by atoms with Gasteiger partial charge in [0, 0.05) is 0 Å². The maximum absolute atomic E-state index is 8.48. The first-order valence-electron chi connectivity index (χ1n) is 3.29. The predicted octanol–water partition coefficient (Wildman–Crippen LogP) is -3.39. The van der Waals surface area contributed by atoms with E-state index in [1.807, 2.05) is 0 Å². The molecule has 0 aromatic carbocycles. The fourth-order valence-electron chi connectivity index (χ4n) is 0. The minimum atomic E-state index is -3.37. The van der Waals surface area contributed by atoms with Crippen LogP contribution in [0.5, 0.6) is 0 Å². The van der Waals surface area contributed by atoms with E-state index < -0.39 is 47.4 Å². The van der Waals surface area contributed by atoms with Gasteiger partial charge in [-0.05, 0) is 0 Å². The Labute approximate surface area is 153 Å². The maximum atomic E-state index is 8.48. The Morgan fingerprint density at radius 1 is 0.280 bits per heavy atom. The van der Waals surface area contributed by atoms with Crippen molar-refractivity contribution in [3.05, 3.63) is 0 Å². The van der Waals surface area contributed by atoms with Crippen LogP contribution in [0.1, 0.15) is 0 Å². The Morgan fingerprint density at radius 3 is 0.280 bits per heavy atom. The van der Waals surface area contributed by atoms with Crippen LogP contribution >= 0.6 is 47.4 Å². The standard InChI is InChI=1S/Mo.6HO3P/c;6*1-4(2)3/h;6*(H,1,2,3)/q+6;;;;;;/p-6. The zero-order valence-corrected chi connectivity index (χ0v) is 17.8. The van der Waals surface area contributed by atoms with Gasteiger partial charge in [0.25, 0.3) is 0 Å². The second-order valence-electron chi connectivity index (χ2n) is 1.34. The molecule has 25 heavy (non-hydrogen) atoms. The molecule has 0 spiro atoms. The molecule has 0 fully saturated rings. The second-order valence-corrected chi connectivity index (χ2v) is 4.02. The zero-order chi connectivity index (χ0) is 21.5. The third kappa shape index (κ3) is 495000. The van der Waals surface area contributed by atoms with Gasteiger partial charge in [-0.3, -0.25) is 54.8 Å². The first-order chi connectivity index (χ1) is 10.4. The Morgan fingerprint density at radius 2 is 0.280 bits per heavy atom. The van der Waals surface area contributed by atoms with E-state index in [2.05, 4.69) is 0 Å². The molecule has 0 amide bonds. The van der Waals surface area contributed by atoms with Crippen molar-refractivity contribution in [1.29, 1.82) is 0 Å². The molecule has 25 heteroatoms. The average molecular weight is 570 g/mol. The molecule has 0 radical (unpaired) electrons. The summed E-state index contributed by atoms with van der Waals surface area (Å²) in [6.45, 7) is 0. The average Bonchev–Trinajstić information content (AvgIpc) is 2.08. The van der Waals surface area contributed by atoms with Crippen molar-refractivity contribution in [2.24, 2.45) is 0 Å². The van der Waals surface area contributed by atoms with Crippen molar-refractivity contribution in [1.82, 2.24) is 0 Å². The first kappa shape index (κ1) is 44.4. The van der Waals surface area contributed by atoms with Crippen molar-refractivity contribution in [3.63, 3.8) is 0 Å². The summed E-state index contributed by atoms with van der Waals surface area (Å²) in [7, 11) is -20.2. The summed E-state index contributed by atoms with van der Waals surface area (Å²) in [5, 5.41) is 0. The van der Waals surface area contributed by atoms with Gasteiger partial charge in [0.2, 0.25) is 47.4 Å². The minimum absolute atomic E-state index is 0. The van der Waals surface area contributed by atoms with Crippen molar-refractivity contribution < 1.29 is 105 Å². The number of rotatable bonds is 0. The Balaban J connectivity index is -0.0000000309. The molecule has 0 bridgehead atoms. The van der Waals surface area contributed by atoms with Crippen molar-refractivity contribution in [3.8, 4) is 0 Å². The van der Waals surface area contributed by atoms with Crippen LogP contribution in [-0.2, 0) is 75.8 Å². The molecule has 144 valence electrons. The van der Waals surface area contributed by atoms with Crippen LogP contribution in [0, 0.1) is 0 Å². The Bertz CT molecular complexity index is 471. The summed E-state index contributed by atoms with van der Waals surface area (Å²) in [5.41, 5.74) is 0. The van der Waals surface area contributed by atoms with Crippen LogP contribution in [0.25, 0.3) is 0 Å². The van der Waals surface area contributed by atoms with Crippen LogP contribution in [0.15, 0.2) is 0 Å². The molecule has 0 aromatic heterocycles. The Kier molecular flexibility index (Phi) is 69.4. The molecule has 0 saturated carbocycles. The van der Waals surface area contributed by atoms with Gasteiger partial charge >= 0.3 is 21.1 Å². The summed E-state index contributed by atoms with van der Waals surface area (Å²) in [6.07, 6.45) is 0. The molecule has 0 aliphatic carbocycles. The normalized spacial score (nSPS) is 6.00. The van der Waals surface area contributed by atoms with Crippen LogP contribution in [-0.4, -0.2) is 0 Å². The van der Waals surface area contributed by atoms with Gasteiger partial charge in [0.05, 0.1) is 0 Å². The molecule has 0 N–H and O–H groups in total. The molecule has 0 aliphatic rings. The zero-order valence-electron chi connectivity index (χ0n) is 10.4. The van der Waals surface area contributed by atoms with Gasteiger partial charge in [0.1, 0.15) is 0 Å². The van der Waals surface area contributed by atoms with E-state index in [4.69, 9.17) is 84.1 Å². The molecule has 0 unspecified atom stereocenters. The molecular formula is MoO18P6. The molecule has 0 aromatic rings. The SMILES string of the molecule is O=P(=O)[O-].O=P(=O)[O-].O=P(=O)[O-].O=P(=O)[O-].O=P(=O)[O-].O=P(=O)[O-].[Mo+6]. The van der Waals surface area contributed by atoms with Crippen LogP contribution < -0.4 is 29.4 Å². The van der Waals surface area contributed by atoms with Crippen LogP contribution in [0.3, 0.4) is 0 Å². The second kappa shape index (κ2) is 39.1. The van der Waals surface area contributed by atoms with Gasteiger partial charge in [-0.1, -0.05) is 0 Å². The summed E-state index contributed by atoms with van der Waals surface area (Å²) < 4.78 is 102. The van der Waals surface area contributed by atoms with Crippen LogP contribution in [0.4, 0.5) is 0 Å². The molecule has 0 rings (SSSR count). The fraction of sp³-hybridized carbons (Fsp3) is 0. The number of hydrogen-bond acceptors (Lipinski definition) is 18. The maximum Gasteiger partial charge on any atom is 6.00 e. The van der Waals surface area contributed by atoms with Crippen molar-refractivity contribution in [2.45, 2.75) is 0 Å². The molecule has 0 aliphatic heterocycles. The van der Waals surface area contributed by atoms with E-state index in [9.17, 15) is 0 Å². The molecular weight excluding hydrogens is 570 g/mol. The van der Waals surface area contributed by atoms with Crippen LogP contribution in [0.2, 0.25) is 0 Å². The summed E-state index contributed by atoms with van der Waals surface area (Å²) in [4.78, 5) is 50.9. The van der Waals surface area contributed by atoms with Gasteiger partial charge < -0.3 is 29.4 Å². The molecule has 18 nitrogen and oxygen atoms in total. The smallest absolute Gasteiger partial charge is 0.744 e. The van der Waals surface area contributed by atoms with Gasteiger partial charge in [-0.25, -0.2) is 0 Å². The van der Waals surface area contributed by atoms with Gasteiger partial charge in [-0.15, -0.1) is 0 Å². The van der Waals surface area contributed by atoms with E-state index >= 15 is 0 Å². The monoisotopic (exact) mass is 572 g/mol. The summed E-state index contributed by atoms with van der Waals surface area (Å²) in [5.74, 6) is 0. The summed E-state index contributed by atoms with van der Waals surface area (Å²) in [6, 6.07) is 0. The molecule has 0 heterocycles. The van der Waals surface area contributed by atoms with Gasteiger partial charge in [0.15, 0.2) is 0 Å². The minimum Gasteiger partial charge on any atom is -0.744 e. The third-order valence-corrected chi connectivity index (χ3v) is 0. The first-order valence-corrected chi connectivity index (χ1v) is 9.86. The Hall–Kier alpha value is -0.152. The van der Waals surface area contributed by atoms with Gasteiger partial charge in [-0.2, -0.15) is 0 Å². The topological polar surface area (TPSA) is 343 Å². The fourth-order valence-corrected chi connectivity index (χ4v) is 0. The molecule has 0 saturated heterocycles. The van der Waals surface area contributed by atoms with Crippen molar-refractivity contribution >= 4 is 47.4 Å². The number of hydrogen-bond donors (Lipinski definition) is 0. The third-order valence-electron chi connectivity index (χ3n) is 0. The predicted molar refractivity (Wildman–Crippen MR) is 49.8 cm³/mol. The summed E-state index contributed by atoms with van der Waals surface area (Å²) >= 11 is 0. The van der Waals surface area contributed by atoms with Crippen molar-refractivity contribution in [2.75, 3.05) is 0 Å².